The first-order valence-electron chi connectivity index (χ1n) is 6.02. The molecule has 4 nitrogen and oxygen atoms in total. The molecule has 0 spiro atoms. The molecule has 3 N–H and O–H groups in total. The number of carbonyl (C=O) groups excluding carboxylic acids is 1. The number of anilines is 1. The van der Waals surface area contributed by atoms with Crippen LogP contribution in [0.3, 0.4) is 0 Å². The molecule has 0 saturated carbocycles. The summed E-state index contributed by atoms with van der Waals surface area (Å²) in [5.74, 6) is -1.28. The van der Waals surface area contributed by atoms with Crippen LogP contribution in [0.25, 0.3) is 0 Å². The van der Waals surface area contributed by atoms with Gasteiger partial charge in [0.1, 0.15) is 0 Å². The van der Waals surface area contributed by atoms with Crippen LogP contribution in [0.4, 0.5) is 10.1 Å². The maximum atomic E-state index is 13.2. The molecule has 1 saturated heterocycles. The van der Waals surface area contributed by atoms with Gasteiger partial charge in [0, 0.05) is 18.3 Å². The highest BCUT2D eigenvalue weighted by Crippen LogP contribution is 2.28. The molecule has 0 aromatic heterocycles. The van der Waals surface area contributed by atoms with E-state index < -0.39 is 17.0 Å². The molecular formula is C13H17FN2O2. The first-order valence-corrected chi connectivity index (χ1v) is 6.02. The smallest absolute Gasteiger partial charge is 0.231 e. The fourth-order valence-electron chi connectivity index (χ4n) is 2.12. The number of phenols is 1. The molecule has 0 radical (unpaired) electrons. The molecule has 1 aliphatic rings. The lowest BCUT2D eigenvalue weighted by Gasteiger charge is -2.32. The fourth-order valence-corrected chi connectivity index (χ4v) is 2.12. The van der Waals surface area contributed by atoms with E-state index in [1.165, 1.54) is 12.1 Å². The Hall–Kier alpha value is -1.62. The Balaban J connectivity index is 2.08. The average Bonchev–Trinajstić information content (AvgIpc) is 2.35. The number of phenolic OH excluding ortho intramolecular Hbond substituents is 1. The van der Waals surface area contributed by atoms with Crippen molar-refractivity contribution in [3.63, 3.8) is 0 Å². The predicted molar refractivity (Wildman–Crippen MR) is 66.9 cm³/mol. The Morgan fingerprint density at radius 3 is 2.94 bits per heavy atom. The zero-order valence-corrected chi connectivity index (χ0v) is 10.3. The van der Waals surface area contributed by atoms with Crippen molar-refractivity contribution in [2.45, 2.75) is 19.8 Å². The number of rotatable bonds is 2. The minimum atomic E-state index is -0.736. The second-order valence-electron chi connectivity index (χ2n) is 4.96. The van der Waals surface area contributed by atoms with Gasteiger partial charge >= 0.3 is 0 Å². The van der Waals surface area contributed by atoms with Crippen molar-refractivity contribution in [1.82, 2.24) is 5.32 Å². The van der Waals surface area contributed by atoms with Gasteiger partial charge in [-0.15, -0.1) is 0 Å². The van der Waals surface area contributed by atoms with Gasteiger partial charge in [-0.2, -0.15) is 0 Å². The number of nitrogens with one attached hydrogen (secondary N) is 2. The summed E-state index contributed by atoms with van der Waals surface area (Å²) >= 11 is 0. The van der Waals surface area contributed by atoms with Crippen LogP contribution in [0.5, 0.6) is 5.75 Å². The number of amides is 1. The second-order valence-corrected chi connectivity index (χ2v) is 4.96. The monoisotopic (exact) mass is 252 g/mol. The number of hydrogen-bond acceptors (Lipinski definition) is 3. The zero-order chi connectivity index (χ0) is 13.2. The van der Waals surface area contributed by atoms with E-state index in [4.69, 9.17) is 5.11 Å². The number of benzene rings is 1. The van der Waals surface area contributed by atoms with Crippen molar-refractivity contribution in [3.05, 3.63) is 24.0 Å². The molecular weight excluding hydrogens is 235 g/mol. The summed E-state index contributed by atoms with van der Waals surface area (Å²) in [7, 11) is 0. The predicted octanol–water partition coefficient (Wildman–Crippen LogP) is 1.86. The Kier molecular flexibility index (Phi) is 3.52. The third-order valence-corrected chi connectivity index (χ3v) is 3.35. The summed E-state index contributed by atoms with van der Waals surface area (Å²) in [6.07, 6.45) is 1.76. The summed E-state index contributed by atoms with van der Waals surface area (Å²) in [5, 5.41) is 15.0. The van der Waals surface area contributed by atoms with Gasteiger partial charge in [0.15, 0.2) is 11.6 Å². The molecule has 98 valence electrons. The molecule has 1 fully saturated rings. The van der Waals surface area contributed by atoms with Crippen molar-refractivity contribution < 1.29 is 14.3 Å². The van der Waals surface area contributed by atoms with Gasteiger partial charge in [-0.05, 0) is 38.4 Å². The molecule has 1 aliphatic heterocycles. The summed E-state index contributed by atoms with van der Waals surface area (Å²) < 4.78 is 13.2. The van der Waals surface area contributed by atoms with Crippen molar-refractivity contribution in [1.29, 1.82) is 0 Å². The first-order chi connectivity index (χ1) is 8.51. The maximum absolute atomic E-state index is 13.2. The number of halogens is 1. The van der Waals surface area contributed by atoms with Gasteiger partial charge < -0.3 is 15.7 Å². The van der Waals surface area contributed by atoms with Crippen LogP contribution in [-0.4, -0.2) is 24.1 Å². The highest BCUT2D eigenvalue weighted by atomic mass is 19.1. The van der Waals surface area contributed by atoms with Crippen molar-refractivity contribution in [3.8, 4) is 5.75 Å². The molecule has 1 amide bonds. The molecule has 5 heteroatoms. The lowest BCUT2D eigenvalue weighted by molar-refractivity contribution is -0.125. The van der Waals surface area contributed by atoms with Crippen LogP contribution in [0.1, 0.15) is 19.8 Å². The molecule has 18 heavy (non-hydrogen) atoms. The second kappa shape index (κ2) is 4.94. The maximum Gasteiger partial charge on any atom is 0.231 e. The summed E-state index contributed by atoms with van der Waals surface area (Å²) in [5.41, 5.74) is -0.103. The van der Waals surface area contributed by atoms with E-state index in [9.17, 15) is 9.18 Å². The molecule has 0 aliphatic carbocycles. The highest BCUT2D eigenvalue weighted by molar-refractivity contribution is 5.95. The average molecular weight is 252 g/mol. The van der Waals surface area contributed by atoms with E-state index in [0.29, 0.717) is 12.2 Å². The Labute approximate surface area is 105 Å². The Morgan fingerprint density at radius 1 is 1.56 bits per heavy atom. The Morgan fingerprint density at radius 2 is 2.33 bits per heavy atom. The van der Waals surface area contributed by atoms with Crippen LogP contribution < -0.4 is 10.6 Å². The van der Waals surface area contributed by atoms with E-state index in [-0.39, 0.29) is 5.91 Å². The van der Waals surface area contributed by atoms with E-state index in [2.05, 4.69) is 10.6 Å². The Bertz CT molecular complexity index is 456. The van der Waals surface area contributed by atoms with Gasteiger partial charge in [0.05, 0.1) is 5.41 Å². The summed E-state index contributed by atoms with van der Waals surface area (Å²) in [4.78, 5) is 12.1. The molecule has 1 atom stereocenters. The standard InChI is InChI=1S/C13H17FN2O2/c1-13(5-2-6-15-8-13)12(18)16-9-3-4-11(17)10(14)7-9/h3-4,7,15,17H,2,5-6,8H2,1H3,(H,16,18). The minimum Gasteiger partial charge on any atom is -0.505 e. The van der Waals surface area contributed by atoms with E-state index in [0.717, 1.165) is 25.5 Å². The summed E-state index contributed by atoms with van der Waals surface area (Å²) in [6.45, 7) is 3.45. The minimum absolute atomic E-state index is 0.125. The van der Waals surface area contributed by atoms with E-state index in [1.54, 1.807) is 0 Å². The first kappa shape index (κ1) is 12.8. The van der Waals surface area contributed by atoms with Crippen LogP contribution in [0, 0.1) is 11.2 Å². The van der Waals surface area contributed by atoms with E-state index in [1.807, 2.05) is 6.92 Å². The largest absolute Gasteiger partial charge is 0.505 e. The number of piperidine rings is 1. The SMILES string of the molecule is CC1(C(=O)Nc2ccc(O)c(F)c2)CCCNC1. The lowest BCUT2D eigenvalue weighted by atomic mass is 9.82. The third kappa shape index (κ3) is 2.61. The lowest BCUT2D eigenvalue weighted by Crippen LogP contribution is -2.46. The van der Waals surface area contributed by atoms with Gasteiger partial charge in [0.25, 0.3) is 0 Å². The van der Waals surface area contributed by atoms with Gasteiger partial charge in [-0.25, -0.2) is 4.39 Å². The molecule has 1 aromatic carbocycles. The molecule has 1 unspecified atom stereocenters. The highest BCUT2D eigenvalue weighted by Gasteiger charge is 2.34. The quantitative estimate of drug-likeness (QED) is 0.704. The van der Waals surface area contributed by atoms with E-state index >= 15 is 0 Å². The zero-order valence-electron chi connectivity index (χ0n) is 10.3. The van der Waals surface area contributed by atoms with Gasteiger partial charge in [-0.1, -0.05) is 0 Å². The van der Waals surface area contributed by atoms with Crippen LogP contribution in [0.2, 0.25) is 0 Å². The molecule has 0 bridgehead atoms. The van der Waals surface area contributed by atoms with Gasteiger partial charge in [-0.3, -0.25) is 4.79 Å². The van der Waals surface area contributed by atoms with Gasteiger partial charge in [0.2, 0.25) is 5.91 Å². The van der Waals surface area contributed by atoms with Crippen molar-refractivity contribution in [2.75, 3.05) is 18.4 Å². The van der Waals surface area contributed by atoms with Crippen LogP contribution >= 0.6 is 0 Å². The van der Waals surface area contributed by atoms with Crippen LogP contribution in [-0.2, 0) is 4.79 Å². The van der Waals surface area contributed by atoms with Crippen LogP contribution in [0.15, 0.2) is 18.2 Å². The number of carbonyl (C=O) groups is 1. The van der Waals surface area contributed by atoms with Crippen molar-refractivity contribution >= 4 is 11.6 Å². The molecule has 1 aromatic rings. The number of aromatic hydroxyl groups is 1. The third-order valence-electron chi connectivity index (χ3n) is 3.35. The molecule has 1 heterocycles. The molecule has 2 rings (SSSR count). The fraction of sp³-hybridized carbons (Fsp3) is 0.462. The number of hydrogen-bond donors (Lipinski definition) is 3. The normalized spacial score (nSPS) is 23.7. The van der Waals surface area contributed by atoms with Crippen molar-refractivity contribution in [2.24, 2.45) is 5.41 Å². The summed E-state index contributed by atoms with van der Waals surface area (Å²) in [6, 6.07) is 3.83. The topological polar surface area (TPSA) is 61.4 Å².